The van der Waals surface area contributed by atoms with Gasteiger partial charge in [-0.1, -0.05) is 30.3 Å². The molecule has 0 bridgehead atoms. The van der Waals surface area contributed by atoms with Gasteiger partial charge in [0, 0.05) is 13.3 Å². The van der Waals surface area contributed by atoms with E-state index in [1.807, 2.05) is 0 Å². The topological polar surface area (TPSA) is 22.1 Å². The Labute approximate surface area is 243 Å². The first-order valence-electron chi connectivity index (χ1n) is 12.2. The third-order valence-electron chi connectivity index (χ3n) is 6.31. The molecule has 2 nitrogen and oxygen atoms in total. The van der Waals surface area contributed by atoms with Gasteiger partial charge in [0.05, 0.1) is 27.9 Å². The Balaban J connectivity index is 2.15. The fraction of sp³-hybridized carbons (Fsp3) is 0.207. The summed E-state index contributed by atoms with van der Waals surface area (Å²) >= 11 is 0. The molecule has 0 aliphatic heterocycles. The number of hydrogen-bond acceptors (Lipinski definition) is 2. The summed E-state index contributed by atoms with van der Waals surface area (Å²) in [5.74, 6) is 0. The summed E-state index contributed by atoms with van der Waals surface area (Å²) < 4.78 is 172. The van der Waals surface area contributed by atoms with Gasteiger partial charge in [-0.05, 0) is 77.9 Å². The lowest BCUT2D eigenvalue weighted by molar-refractivity contribution is -0.144. The second-order valence-electron chi connectivity index (χ2n) is 9.29. The van der Waals surface area contributed by atoms with Gasteiger partial charge in [-0.2, -0.15) is 52.7 Å². The second kappa shape index (κ2) is 12.0. The van der Waals surface area contributed by atoms with E-state index < -0.39 is 71.6 Å². The first-order chi connectivity index (χ1) is 20.3. The van der Waals surface area contributed by atoms with Gasteiger partial charge in [0.1, 0.15) is 6.10 Å². The van der Waals surface area contributed by atoms with Crippen molar-refractivity contribution in [1.29, 1.82) is 0 Å². The van der Waals surface area contributed by atoms with E-state index in [-0.39, 0.29) is 28.7 Å². The lowest BCUT2D eigenvalue weighted by atomic mass is 10.1. The van der Waals surface area contributed by atoms with Crippen molar-refractivity contribution in [3.63, 3.8) is 0 Å². The average Bonchev–Trinajstić information content (AvgIpc) is 2.93. The molecule has 0 spiro atoms. The summed E-state index contributed by atoms with van der Waals surface area (Å²) in [5, 5.41) is -1.74. The number of benzene rings is 3. The SMILES string of the molecule is CO[C@H](c1ccccn1)c1ccccc1P(c1cc(C(F)(F)F)cc(C(F)(F)F)c1)c1cc(C(F)(F)F)cc(C(F)(F)F)c1. The number of pyridine rings is 1. The minimum Gasteiger partial charge on any atom is -0.370 e. The van der Waals surface area contributed by atoms with Crippen LogP contribution in [-0.4, -0.2) is 12.1 Å². The minimum atomic E-state index is -5.34. The lowest BCUT2D eigenvalue weighted by Gasteiger charge is -2.28. The Hall–Kier alpha value is -3.64. The summed E-state index contributed by atoms with van der Waals surface area (Å²) in [4.78, 5) is 4.15. The van der Waals surface area contributed by atoms with Gasteiger partial charge in [0.15, 0.2) is 0 Å². The molecule has 3 aromatic carbocycles. The third-order valence-corrected chi connectivity index (χ3v) is 8.75. The maximum absolute atomic E-state index is 13.8. The average molecular weight is 655 g/mol. The quantitative estimate of drug-likeness (QED) is 0.153. The van der Waals surface area contributed by atoms with Crippen LogP contribution in [0.3, 0.4) is 0 Å². The summed E-state index contributed by atoms with van der Waals surface area (Å²) in [6.07, 6.45) is -21.2. The Kier molecular flexibility index (Phi) is 9.10. The van der Waals surface area contributed by atoms with Crippen LogP contribution in [0.2, 0.25) is 0 Å². The first kappa shape index (κ1) is 33.3. The normalized spacial score (nSPS) is 13.8. The van der Waals surface area contributed by atoms with Crippen molar-refractivity contribution in [3.8, 4) is 0 Å². The van der Waals surface area contributed by atoms with Crippen molar-refractivity contribution in [2.24, 2.45) is 0 Å². The maximum Gasteiger partial charge on any atom is 0.416 e. The molecule has 1 atom stereocenters. The van der Waals surface area contributed by atoms with Gasteiger partial charge in [-0.25, -0.2) is 0 Å². The van der Waals surface area contributed by atoms with Gasteiger partial charge >= 0.3 is 24.7 Å². The molecule has 0 N–H and O–H groups in total. The molecule has 1 aromatic heterocycles. The number of methoxy groups -OCH3 is 1. The molecule has 15 heteroatoms. The molecule has 0 saturated heterocycles. The number of hydrogen-bond donors (Lipinski definition) is 0. The Morgan fingerprint density at radius 1 is 0.568 bits per heavy atom. The van der Waals surface area contributed by atoms with Crippen LogP contribution >= 0.6 is 7.92 Å². The van der Waals surface area contributed by atoms with E-state index in [4.69, 9.17) is 4.74 Å². The molecule has 0 fully saturated rings. The standard InChI is InChI=1S/C29H18F12NOP/c1-43-25(23-7-4-5-9-42-23)22-6-2-3-8-24(22)44(20-12-16(26(30,31)32)10-17(13-20)27(33,34)35)21-14-18(28(36,37)38)11-19(15-21)29(39,40)41/h2-15,25H,1H3/t25-/m0/s1. The monoisotopic (exact) mass is 655 g/mol. The van der Waals surface area contributed by atoms with Gasteiger partial charge in [0.2, 0.25) is 0 Å². The van der Waals surface area contributed by atoms with Crippen molar-refractivity contribution in [2.45, 2.75) is 30.8 Å². The van der Waals surface area contributed by atoms with E-state index in [1.165, 1.54) is 49.7 Å². The predicted molar refractivity (Wildman–Crippen MR) is 138 cm³/mol. The number of aromatic nitrogens is 1. The van der Waals surface area contributed by atoms with E-state index >= 15 is 0 Å². The van der Waals surface area contributed by atoms with Gasteiger partial charge < -0.3 is 4.74 Å². The second-order valence-corrected chi connectivity index (χ2v) is 11.5. The van der Waals surface area contributed by atoms with Gasteiger partial charge in [-0.15, -0.1) is 0 Å². The molecule has 0 unspecified atom stereocenters. The zero-order chi connectivity index (χ0) is 32.7. The molecule has 0 amide bonds. The fourth-order valence-corrected chi connectivity index (χ4v) is 7.03. The van der Waals surface area contributed by atoms with Crippen molar-refractivity contribution in [2.75, 3.05) is 7.11 Å². The number of rotatable bonds is 6. The molecule has 4 aromatic rings. The molecular weight excluding hydrogens is 637 g/mol. The van der Waals surface area contributed by atoms with Crippen LogP contribution in [0, 0.1) is 0 Å². The predicted octanol–water partition coefficient (Wildman–Crippen LogP) is 8.65. The van der Waals surface area contributed by atoms with E-state index in [2.05, 4.69) is 4.98 Å². The van der Waals surface area contributed by atoms with E-state index in [9.17, 15) is 52.7 Å². The molecule has 0 aliphatic carbocycles. The van der Waals surface area contributed by atoms with Gasteiger partial charge in [-0.3, -0.25) is 4.98 Å². The summed E-state index contributed by atoms with van der Waals surface area (Å²) in [7, 11) is -1.75. The van der Waals surface area contributed by atoms with Crippen LogP contribution in [-0.2, 0) is 29.4 Å². The largest absolute Gasteiger partial charge is 0.416 e. The zero-order valence-corrected chi connectivity index (χ0v) is 22.9. The molecule has 0 saturated carbocycles. The minimum absolute atomic E-state index is 0.0525. The molecule has 4 rings (SSSR count). The highest BCUT2D eigenvalue weighted by Gasteiger charge is 2.41. The number of nitrogens with zero attached hydrogens (tertiary/aromatic N) is 1. The Morgan fingerprint density at radius 3 is 1.34 bits per heavy atom. The van der Waals surface area contributed by atoms with Crippen LogP contribution < -0.4 is 15.9 Å². The van der Waals surface area contributed by atoms with Crippen molar-refractivity contribution in [1.82, 2.24) is 4.98 Å². The van der Waals surface area contributed by atoms with Crippen molar-refractivity contribution in [3.05, 3.63) is 119 Å². The van der Waals surface area contributed by atoms with Crippen molar-refractivity contribution >= 4 is 23.8 Å². The highest BCUT2D eigenvalue weighted by Crippen LogP contribution is 2.44. The highest BCUT2D eigenvalue weighted by molar-refractivity contribution is 7.80. The van der Waals surface area contributed by atoms with Gasteiger partial charge in [0.25, 0.3) is 0 Å². The summed E-state index contributed by atoms with van der Waals surface area (Å²) in [6, 6.07) is 10.7. The Morgan fingerprint density at radius 2 is 0.977 bits per heavy atom. The lowest BCUT2D eigenvalue weighted by Crippen LogP contribution is -2.29. The summed E-state index contributed by atoms with van der Waals surface area (Å²) in [5.41, 5.74) is -6.90. The fourth-order valence-electron chi connectivity index (χ4n) is 4.41. The van der Waals surface area contributed by atoms with Crippen molar-refractivity contribution < 1.29 is 57.4 Å². The Bertz CT molecular complexity index is 1470. The van der Waals surface area contributed by atoms with E-state index in [0.29, 0.717) is 24.3 Å². The molecule has 0 radical (unpaired) electrons. The van der Waals surface area contributed by atoms with Crippen LogP contribution in [0.4, 0.5) is 52.7 Å². The molecule has 1 heterocycles. The smallest absolute Gasteiger partial charge is 0.370 e. The van der Waals surface area contributed by atoms with E-state index in [0.717, 1.165) is 0 Å². The number of halogens is 12. The third kappa shape index (κ3) is 7.35. The molecule has 234 valence electrons. The maximum atomic E-state index is 13.8. The van der Waals surface area contributed by atoms with Crippen LogP contribution in [0.25, 0.3) is 0 Å². The number of ether oxygens (including phenoxy) is 1. The van der Waals surface area contributed by atoms with Crippen LogP contribution in [0.5, 0.6) is 0 Å². The zero-order valence-electron chi connectivity index (χ0n) is 22.0. The van der Waals surface area contributed by atoms with Crippen LogP contribution in [0.1, 0.15) is 39.6 Å². The van der Waals surface area contributed by atoms with Crippen LogP contribution in [0.15, 0.2) is 85.1 Å². The van der Waals surface area contributed by atoms with E-state index in [1.54, 1.807) is 6.07 Å². The summed E-state index contributed by atoms with van der Waals surface area (Å²) in [6.45, 7) is 0. The molecule has 0 aliphatic rings. The highest BCUT2D eigenvalue weighted by atomic mass is 31.1. The number of alkyl halides is 12. The molecular formula is C29H18F12NOP. The first-order valence-corrected chi connectivity index (χ1v) is 13.6. The molecule has 44 heavy (non-hydrogen) atoms.